The van der Waals surface area contributed by atoms with Crippen molar-refractivity contribution in [3.63, 3.8) is 0 Å². The first kappa shape index (κ1) is 19.7. The molecule has 5 heteroatoms. The van der Waals surface area contributed by atoms with Crippen molar-refractivity contribution >= 4 is 15.9 Å². The standard InChI is InChI=1S/C24H32O4S/c1-15-3-6-18(7-4-15)29(26,27)28-23-10-9-22-20-8-5-16-13-17(25)14-21(16)19(20)11-12-24(22,23)2/h3-4,6-7,16,19-23H,5,8-14H2,1-2H3/t16-,19-,20+,21-,22-,23-,24-/m0/s1. The normalized spacial score (nSPS) is 41.7. The van der Waals surface area contributed by atoms with E-state index in [1.165, 1.54) is 12.8 Å². The minimum absolute atomic E-state index is 0.0750. The van der Waals surface area contributed by atoms with Gasteiger partial charge in [0.25, 0.3) is 10.1 Å². The highest BCUT2D eigenvalue weighted by Gasteiger charge is 2.58. The van der Waals surface area contributed by atoms with E-state index in [9.17, 15) is 13.2 Å². The van der Waals surface area contributed by atoms with Gasteiger partial charge in [-0.1, -0.05) is 24.6 Å². The fourth-order valence-corrected chi connectivity index (χ4v) is 8.67. The molecule has 0 unspecified atom stereocenters. The molecule has 0 saturated heterocycles. The van der Waals surface area contributed by atoms with E-state index in [0.29, 0.717) is 35.4 Å². The molecule has 158 valence electrons. The molecule has 0 amide bonds. The summed E-state index contributed by atoms with van der Waals surface area (Å²) in [4.78, 5) is 12.3. The summed E-state index contributed by atoms with van der Waals surface area (Å²) in [5, 5.41) is 0. The van der Waals surface area contributed by atoms with Gasteiger partial charge in [0.15, 0.2) is 0 Å². The Balaban J connectivity index is 1.36. The van der Waals surface area contributed by atoms with Crippen LogP contribution in [0.5, 0.6) is 0 Å². The van der Waals surface area contributed by atoms with Gasteiger partial charge in [-0.2, -0.15) is 8.42 Å². The quantitative estimate of drug-likeness (QED) is 0.658. The Morgan fingerprint density at radius 3 is 2.45 bits per heavy atom. The van der Waals surface area contributed by atoms with Crippen LogP contribution in [0.1, 0.15) is 63.9 Å². The number of carbonyl (C=O) groups excluding carboxylic acids is 1. The first-order valence-electron chi connectivity index (χ1n) is 11.3. The number of hydrogen-bond donors (Lipinski definition) is 0. The molecule has 4 aliphatic rings. The summed E-state index contributed by atoms with van der Waals surface area (Å²) >= 11 is 0. The van der Waals surface area contributed by atoms with Crippen LogP contribution in [0.25, 0.3) is 0 Å². The van der Waals surface area contributed by atoms with Crippen molar-refractivity contribution in [2.75, 3.05) is 0 Å². The molecule has 0 heterocycles. The second-order valence-electron chi connectivity index (χ2n) is 10.4. The van der Waals surface area contributed by atoms with E-state index in [1.807, 2.05) is 19.1 Å². The van der Waals surface area contributed by atoms with Gasteiger partial charge in [-0.15, -0.1) is 0 Å². The summed E-state index contributed by atoms with van der Waals surface area (Å²) in [6.07, 6.45) is 7.75. The number of Topliss-reactive ketones (excluding diaryl/α,β-unsaturated/α-hetero) is 1. The number of aryl methyl sites for hydroxylation is 1. The lowest BCUT2D eigenvalue weighted by Gasteiger charge is -2.53. The van der Waals surface area contributed by atoms with E-state index >= 15 is 0 Å². The third kappa shape index (κ3) is 3.20. The van der Waals surface area contributed by atoms with Crippen LogP contribution in [0.3, 0.4) is 0 Å². The molecule has 0 N–H and O–H groups in total. The molecule has 5 rings (SSSR count). The van der Waals surface area contributed by atoms with Gasteiger partial charge >= 0.3 is 0 Å². The van der Waals surface area contributed by atoms with Gasteiger partial charge in [0, 0.05) is 12.8 Å². The van der Waals surface area contributed by atoms with Crippen LogP contribution in [0, 0.1) is 41.9 Å². The van der Waals surface area contributed by atoms with Crippen LogP contribution in [0.2, 0.25) is 0 Å². The molecule has 0 aromatic heterocycles. The summed E-state index contributed by atoms with van der Waals surface area (Å²) in [6.45, 7) is 4.22. The maximum Gasteiger partial charge on any atom is 0.297 e. The van der Waals surface area contributed by atoms with E-state index < -0.39 is 10.1 Å². The number of ketones is 1. The average molecular weight is 417 g/mol. The summed E-state index contributed by atoms with van der Waals surface area (Å²) < 4.78 is 31.7. The van der Waals surface area contributed by atoms with E-state index in [2.05, 4.69) is 6.92 Å². The minimum atomic E-state index is -3.74. The SMILES string of the molecule is Cc1ccc(S(=O)(=O)O[C@H]2CC[C@H]3[C@@H]4CC[C@H]5CC(=O)C[C@@H]5[C@H]4CC[C@]23C)cc1. The van der Waals surface area contributed by atoms with Gasteiger partial charge in [0.2, 0.25) is 0 Å². The zero-order chi connectivity index (χ0) is 20.4. The van der Waals surface area contributed by atoms with Crippen LogP contribution in [-0.2, 0) is 19.1 Å². The largest absolute Gasteiger partial charge is 0.300 e. The molecule has 4 saturated carbocycles. The van der Waals surface area contributed by atoms with Crippen molar-refractivity contribution in [3.05, 3.63) is 29.8 Å². The zero-order valence-electron chi connectivity index (χ0n) is 17.5. The molecule has 29 heavy (non-hydrogen) atoms. The Labute approximate surface area is 174 Å². The molecule has 4 fully saturated rings. The van der Waals surface area contributed by atoms with Gasteiger partial charge in [-0.25, -0.2) is 0 Å². The molecule has 7 atom stereocenters. The van der Waals surface area contributed by atoms with E-state index in [-0.39, 0.29) is 16.4 Å². The first-order chi connectivity index (χ1) is 13.8. The monoisotopic (exact) mass is 416 g/mol. The van der Waals surface area contributed by atoms with Crippen LogP contribution in [0.15, 0.2) is 29.2 Å². The third-order valence-electron chi connectivity index (χ3n) is 8.94. The second-order valence-corrected chi connectivity index (χ2v) is 11.9. The number of hydrogen-bond acceptors (Lipinski definition) is 4. The minimum Gasteiger partial charge on any atom is -0.300 e. The predicted molar refractivity (Wildman–Crippen MR) is 111 cm³/mol. The second kappa shape index (κ2) is 6.91. The molecule has 1 aromatic rings. The highest BCUT2D eigenvalue weighted by atomic mass is 32.2. The maximum atomic E-state index is 12.9. The molecule has 0 radical (unpaired) electrons. The van der Waals surface area contributed by atoms with Crippen molar-refractivity contribution in [3.8, 4) is 0 Å². The van der Waals surface area contributed by atoms with Crippen molar-refractivity contribution in [1.82, 2.24) is 0 Å². The lowest BCUT2D eigenvalue weighted by molar-refractivity contribution is -0.118. The Kier molecular flexibility index (Phi) is 4.71. The molecule has 0 spiro atoms. The Morgan fingerprint density at radius 1 is 0.931 bits per heavy atom. The zero-order valence-corrected chi connectivity index (χ0v) is 18.3. The number of benzene rings is 1. The molecule has 0 aliphatic heterocycles. The number of fused-ring (bicyclic) bond motifs is 5. The van der Waals surface area contributed by atoms with Crippen molar-refractivity contribution in [2.24, 2.45) is 35.0 Å². The lowest BCUT2D eigenvalue weighted by atomic mass is 9.53. The summed E-state index contributed by atoms with van der Waals surface area (Å²) in [6, 6.07) is 6.94. The topological polar surface area (TPSA) is 60.4 Å². The number of carbonyl (C=O) groups is 1. The average Bonchev–Trinajstić information content (AvgIpc) is 3.21. The van der Waals surface area contributed by atoms with Gasteiger partial charge in [-0.05, 0) is 92.6 Å². The van der Waals surface area contributed by atoms with E-state index in [1.54, 1.807) is 12.1 Å². The Hall–Kier alpha value is -1.20. The van der Waals surface area contributed by atoms with Gasteiger partial charge < -0.3 is 0 Å². The van der Waals surface area contributed by atoms with Crippen LogP contribution >= 0.6 is 0 Å². The first-order valence-corrected chi connectivity index (χ1v) is 12.7. The molecular formula is C24H32O4S. The van der Waals surface area contributed by atoms with E-state index in [0.717, 1.165) is 44.1 Å². The fourth-order valence-electron chi connectivity index (χ4n) is 7.47. The lowest BCUT2D eigenvalue weighted by Crippen LogP contribution is -2.48. The Morgan fingerprint density at radius 2 is 1.69 bits per heavy atom. The highest BCUT2D eigenvalue weighted by Crippen LogP contribution is 2.63. The van der Waals surface area contributed by atoms with Crippen LogP contribution < -0.4 is 0 Å². The molecule has 0 bridgehead atoms. The molecule has 1 aromatic carbocycles. The predicted octanol–water partition coefficient (Wildman–Crippen LogP) is 4.90. The highest BCUT2D eigenvalue weighted by molar-refractivity contribution is 7.86. The third-order valence-corrected chi connectivity index (χ3v) is 10.3. The molecular weight excluding hydrogens is 384 g/mol. The molecule has 4 nitrogen and oxygen atoms in total. The van der Waals surface area contributed by atoms with Crippen LogP contribution in [-0.4, -0.2) is 20.3 Å². The number of rotatable bonds is 3. The van der Waals surface area contributed by atoms with Crippen LogP contribution in [0.4, 0.5) is 0 Å². The van der Waals surface area contributed by atoms with Crippen molar-refractivity contribution < 1.29 is 17.4 Å². The van der Waals surface area contributed by atoms with E-state index in [4.69, 9.17) is 4.18 Å². The maximum absolute atomic E-state index is 12.9. The summed E-state index contributed by atoms with van der Waals surface area (Å²) in [5.41, 5.74) is 0.963. The van der Waals surface area contributed by atoms with Crippen molar-refractivity contribution in [1.29, 1.82) is 0 Å². The van der Waals surface area contributed by atoms with Gasteiger partial charge in [-0.3, -0.25) is 8.98 Å². The van der Waals surface area contributed by atoms with Gasteiger partial charge in [0.05, 0.1) is 11.0 Å². The smallest absolute Gasteiger partial charge is 0.297 e. The molecule has 4 aliphatic carbocycles. The van der Waals surface area contributed by atoms with Crippen molar-refractivity contribution in [2.45, 2.75) is 76.2 Å². The van der Waals surface area contributed by atoms with Gasteiger partial charge in [0.1, 0.15) is 5.78 Å². The fraction of sp³-hybridized carbons (Fsp3) is 0.708. The summed E-state index contributed by atoms with van der Waals surface area (Å²) in [5.74, 6) is 3.48. The Bertz CT molecular complexity index is 905. The summed E-state index contributed by atoms with van der Waals surface area (Å²) in [7, 11) is -3.74.